The molecule has 2 rings (SSSR count). The fourth-order valence-corrected chi connectivity index (χ4v) is 5.37. The summed E-state index contributed by atoms with van der Waals surface area (Å²) in [6.45, 7) is 1.71. The van der Waals surface area contributed by atoms with Gasteiger partial charge in [-0.15, -0.1) is 0 Å². The molecular weight excluding hydrogens is 302 g/mol. The van der Waals surface area contributed by atoms with Crippen LogP contribution in [0.5, 0.6) is 5.75 Å². The minimum absolute atomic E-state index is 0.0106. The molecule has 0 radical (unpaired) electrons. The van der Waals surface area contributed by atoms with Gasteiger partial charge in [-0.25, -0.2) is 16.8 Å². The molecule has 1 aromatic carbocycles. The second kappa shape index (κ2) is 5.25. The van der Waals surface area contributed by atoms with Crippen molar-refractivity contribution in [2.24, 2.45) is 0 Å². The van der Waals surface area contributed by atoms with Crippen molar-refractivity contribution in [1.29, 1.82) is 0 Å². The van der Waals surface area contributed by atoms with E-state index in [2.05, 4.69) is 4.72 Å². The number of aryl methyl sites for hydroxylation is 1. The zero-order chi connectivity index (χ0) is 15.0. The molecule has 0 aromatic heterocycles. The van der Waals surface area contributed by atoms with Crippen LogP contribution >= 0.6 is 0 Å². The Kier molecular flexibility index (Phi) is 3.97. The summed E-state index contributed by atoms with van der Waals surface area (Å²) in [6.07, 6.45) is 0.213. The molecule has 1 aliphatic heterocycles. The molecule has 0 saturated carbocycles. The normalized spacial score (nSPS) is 19.6. The third kappa shape index (κ3) is 3.43. The lowest BCUT2D eigenvalue weighted by Crippen LogP contribution is -2.36. The number of sulfone groups is 1. The van der Waals surface area contributed by atoms with Crippen LogP contribution in [0.3, 0.4) is 0 Å². The maximum absolute atomic E-state index is 12.2. The van der Waals surface area contributed by atoms with Gasteiger partial charge in [0.25, 0.3) is 0 Å². The Morgan fingerprint density at radius 3 is 2.40 bits per heavy atom. The summed E-state index contributed by atoms with van der Waals surface area (Å²) >= 11 is 0. The molecule has 1 heterocycles. The Hall–Kier alpha value is -1.28. The standard InChI is InChI=1S/C12H17NO5S2/c1-9-2-3-10(8-12(9)14)13-20(17,18)11-4-6-19(15,16)7-5-11/h2-3,8,11,13-14H,4-7H2,1H3. The number of phenols is 1. The van der Waals surface area contributed by atoms with E-state index < -0.39 is 25.1 Å². The topological polar surface area (TPSA) is 101 Å². The lowest BCUT2D eigenvalue weighted by Gasteiger charge is -2.22. The molecule has 112 valence electrons. The fraction of sp³-hybridized carbons (Fsp3) is 0.500. The molecular formula is C12H17NO5S2. The maximum atomic E-state index is 12.2. The maximum Gasteiger partial charge on any atom is 0.235 e. The van der Waals surface area contributed by atoms with Gasteiger partial charge in [-0.2, -0.15) is 0 Å². The van der Waals surface area contributed by atoms with E-state index in [0.29, 0.717) is 5.56 Å². The largest absolute Gasteiger partial charge is 0.508 e. The van der Waals surface area contributed by atoms with E-state index in [9.17, 15) is 21.9 Å². The van der Waals surface area contributed by atoms with Crippen LogP contribution in [0.15, 0.2) is 18.2 Å². The van der Waals surface area contributed by atoms with Crippen molar-refractivity contribution in [3.05, 3.63) is 23.8 Å². The minimum atomic E-state index is -3.64. The van der Waals surface area contributed by atoms with Gasteiger partial charge >= 0.3 is 0 Å². The van der Waals surface area contributed by atoms with Gasteiger partial charge in [0.15, 0.2) is 0 Å². The van der Waals surface area contributed by atoms with E-state index in [1.165, 1.54) is 6.07 Å². The van der Waals surface area contributed by atoms with Crippen molar-refractivity contribution in [2.45, 2.75) is 25.0 Å². The van der Waals surface area contributed by atoms with E-state index >= 15 is 0 Å². The molecule has 1 aliphatic rings. The van der Waals surface area contributed by atoms with Gasteiger partial charge in [0.05, 0.1) is 22.4 Å². The SMILES string of the molecule is Cc1ccc(NS(=O)(=O)C2CCS(=O)(=O)CC2)cc1O. The molecule has 8 heteroatoms. The smallest absolute Gasteiger partial charge is 0.235 e. The molecule has 0 aliphatic carbocycles. The first-order valence-electron chi connectivity index (χ1n) is 6.21. The van der Waals surface area contributed by atoms with Gasteiger partial charge in [-0.3, -0.25) is 4.72 Å². The summed E-state index contributed by atoms with van der Waals surface area (Å²) < 4.78 is 49.4. The van der Waals surface area contributed by atoms with Crippen LogP contribution in [-0.2, 0) is 19.9 Å². The van der Waals surface area contributed by atoms with Crippen molar-refractivity contribution in [1.82, 2.24) is 0 Å². The Bertz CT molecular complexity index is 695. The van der Waals surface area contributed by atoms with Crippen LogP contribution in [0.4, 0.5) is 5.69 Å². The summed E-state index contributed by atoms with van der Waals surface area (Å²) in [4.78, 5) is 0. The third-order valence-corrected chi connectivity index (χ3v) is 6.99. The van der Waals surface area contributed by atoms with Crippen molar-refractivity contribution in [3.8, 4) is 5.75 Å². The molecule has 1 fully saturated rings. The molecule has 0 amide bonds. The highest BCUT2D eigenvalue weighted by molar-refractivity contribution is 7.94. The highest BCUT2D eigenvalue weighted by Gasteiger charge is 2.32. The van der Waals surface area contributed by atoms with E-state index in [0.717, 1.165) is 0 Å². The second-order valence-electron chi connectivity index (χ2n) is 5.00. The number of sulfonamides is 1. The van der Waals surface area contributed by atoms with Gasteiger partial charge in [0, 0.05) is 6.07 Å². The number of phenolic OH excluding ortho intramolecular Hbond substituents is 1. The van der Waals surface area contributed by atoms with E-state index in [1.807, 2.05) is 0 Å². The summed E-state index contributed by atoms with van der Waals surface area (Å²) in [5.41, 5.74) is 0.929. The van der Waals surface area contributed by atoms with Crippen molar-refractivity contribution in [3.63, 3.8) is 0 Å². The zero-order valence-corrected chi connectivity index (χ0v) is 12.7. The fourth-order valence-electron chi connectivity index (χ4n) is 2.10. The average Bonchev–Trinajstić information content (AvgIpc) is 2.33. The average molecular weight is 319 g/mol. The van der Waals surface area contributed by atoms with Crippen LogP contribution in [0.2, 0.25) is 0 Å². The number of rotatable bonds is 3. The molecule has 0 unspecified atom stereocenters. The molecule has 1 aromatic rings. The molecule has 20 heavy (non-hydrogen) atoms. The van der Waals surface area contributed by atoms with E-state index in [-0.39, 0.29) is 35.8 Å². The predicted molar refractivity (Wildman–Crippen MR) is 77.1 cm³/mol. The molecule has 1 saturated heterocycles. The van der Waals surface area contributed by atoms with Crippen LogP contribution in [0, 0.1) is 6.92 Å². The molecule has 2 N–H and O–H groups in total. The molecule has 0 atom stereocenters. The van der Waals surface area contributed by atoms with E-state index in [4.69, 9.17) is 0 Å². The van der Waals surface area contributed by atoms with Gasteiger partial charge in [-0.05, 0) is 31.4 Å². The van der Waals surface area contributed by atoms with Crippen LogP contribution in [0.25, 0.3) is 0 Å². The summed E-state index contributed by atoms with van der Waals surface area (Å²) in [7, 11) is -6.74. The number of hydrogen-bond donors (Lipinski definition) is 2. The number of benzene rings is 1. The van der Waals surface area contributed by atoms with Crippen molar-refractivity contribution < 1.29 is 21.9 Å². The monoisotopic (exact) mass is 319 g/mol. The minimum Gasteiger partial charge on any atom is -0.508 e. The highest BCUT2D eigenvalue weighted by Crippen LogP contribution is 2.25. The Morgan fingerprint density at radius 1 is 1.25 bits per heavy atom. The van der Waals surface area contributed by atoms with Crippen LogP contribution < -0.4 is 4.72 Å². The first-order valence-corrected chi connectivity index (χ1v) is 9.58. The Balaban J connectivity index is 2.13. The lowest BCUT2D eigenvalue weighted by atomic mass is 10.2. The first kappa shape index (κ1) is 15.1. The quantitative estimate of drug-likeness (QED) is 0.866. The van der Waals surface area contributed by atoms with Gasteiger partial charge < -0.3 is 5.11 Å². The van der Waals surface area contributed by atoms with E-state index in [1.54, 1.807) is 19.1 Å². The van der Waals surface area contributed by atoms with Gasteiger partial charge in [0.1, 0.15) is 15.6 Å². The third-order valence-electron chi connectivity index (χ3n) is 3.41. The second-order valence-corrected chi connectivity index (χ2v) is 9.26. The van der Waals surface area contributed by atoms with Crippen molar-refractivity contribution >= 4 is 25.5 Å². The molecule has 0 spiro atoms. The predicted octanol–water partition coefficient (Wildman–Crippen LogP) is 1.02. The number of nitrogens with one attached hydrogen (secondary N) is 1. The number of hydrogen-bond acceptors (Lipinski definition) is 5. The summed E-state index contributed by atoms with van der Waals surface area (Å²) in [5, 5.41) is 8.85. The van der Waals surface area contributed by atoms with Crippen LogP contribution in [0.1, 0.15) is 18.4 Å². The van der Waals surface area contributed by atoms with Crippen molar-refractivity contribution in [2.75, 3.05) is 16.2 Å². The number of anilines is 1. The molecule has 6 nitrogen and oxygen atoms in total. The Labute approximate surface area is 118 Å². The Morgan fingerprint density at radius 2 is 1.85 bits per heavy atom. The van der Waals surface area contributed by atoms with Gasteiger partial charge in [0.2, 0.25) is 10.0 Å². The van der Waals surface area contributed by atoms with Crippen LogP contribution in [-0.4, -0.2) is 38.7 Å². The van der Waals surface area contributed by atoms with Gasteiger partial charge in [-0.1, -0.05) is 6.07 Å². The lowest BCUT2D eigenvalue weighted by molar-refractivity contribution is 0.471. The highest BCUT2D eigenvalue weighted by atomic mass is 32.2. The first-order chi connectivity index (χ1) is 9.20. The molecule has 0 bridgehead atoms. The summed E-state index contributed by atoms with van der Waals surface area (Å²) in [6, 6.07) is 4.51. The number of aromatic hydroxyl groups is 1. The zero-order valence-electron chi connectivity index (χ0n) is 11.0. The summed E-state index contributed by atoms with van der Waals surface area (Å²) in [5.74, 6) is -0.188.